The van der Waals surface area contributed by atoms with Gasteiger partial charge in [-0.25, -0.2) is 4.79 Å². The topological polar surface area (TPSA) is 73.9 Å². The molecule has 0 aliphatic carbocycles. The predicted octanol–water partition coefficient (Wildman–Crippen LogP) is 1.76. The van der Waals surface area contributed by atoms with Crippen molar-refractivity contribution < 1.29 is 23.5 Å². The van der Waals surface area contributed by atoms with E-state index in [1.807, 2.05) is 30.5 Å². The third kappa shape index (κ3) is 3.93. The summed E-state index contributed by atoms with van der Waals surface area (Å²) in [5.74, 6) is 0.130. The van der Waals surface area contributed by atoms with Crippen LogP contribution in [0.3, 0.4) is 0 Å². The summed E-state index contributed by atoms with van der Waals surface area (Å²) < 4.78 is 17.8. The maximum absolute atomic E-state index is 12.4. The molecule has 1 aliphatic heterocycles. The lowest BCUT2D eigenvalue weighted by Crippen LogP contribution is -2.42. The average molecular weight is 346 g/mol. The lowest BCUT2D eigenvalue weighted by molar-refractivity contribution is -0.138. The number of hydrogen-bond acceptors (Lipinski definition) is 5. The number of esters is 1. The molecule has 25 heavy (non-hydrogen) atoms. The van der Waals surface area contributed by atoms with Gasteiger partial charge in [0.25, 0.3) is 5.91 Å². The number of rotatable bonds is 5. The van der Waals surface area contributed by atoms with Gasteiger partial charge in [0.05, 0.1) is 31.6 Å². The Morgan fingerprint density at radius 1 is 1.24 bits per heavy atom. The summed E-state index contributed by atoms with van der Waals surface area (Å²) >= 11 is 0. The molecule has 1 aliphatic rings. The Hall–Kier alpha value is -2.54. The van der Waals surface area contributed by atoms with Crippen LogP contribution in [0.2, 0.25) is 0 Å². The zero-order valence-electron chi connectivity index (χ0n) is 14.5. The monoisotopic (exact) mass is 346 g/mol. The molecule has 3 rings (SSSR count). The van der Waals surface area contributed by atoms with E-state index in [1.54, 1.807) is 17.2 Å². The van der Waals surface area contributed by atoms with E-state index in [1.165, 1.54) is 0 Å². The minimum Gasteiger partial charge on any atom is -0.467 e. The molecule has 1 saturated heterocycles. The van der Waals surface area contributed by atoms with E-state index in [4.69, 9.17) is 13.9 Å². The molecule has 2 aromatic rings. The maximum atomic E-state index is 12.4. The van der Waals surface area contributed by atoms with Gasteiger partial charge in [0.1, 0.15) is 5.76 Å². The van der Waals surface area contributed by atoms with Gasteiger partial charge in [-0.15, -0.1) is 0 Å². The number of carbonyl (C=O) groups excluding carboxylic acids is 2. The third-order valence-corrected chi connectivity index (χ3v) is 4.38. The zero-order valence-corrected chi connectivity index (χ0v) is 14.5. The summed E-state index contributed by atoms with van der Waals surface area (Å²) in [5.41, 5.74) is 2.19. The van der Waals surface area contributed by atoms with Gasteiger partial charge in [-0.1, -0.05) is 0 Å². The highest BCUT2D eigenvalue weighted by atomic mass is 16.5. The number of amides is 1. The summed E-state index contributed by atoms with van der Waals surface area (Å²) in [6, 6.07) is 5.49. The lowest BCUT2D eigenvalue weighted by atomic mass is 10.2. The van der Waals surface area contributed by atoms with Gasteiger partial charge in [-0.3, -0.25) is 4.79 Å². The normalized spacial score (nSPS) is 14.6. The summed E-state index contributed by atoms with van der Waals surface area (Å²) in [6.45, 7) is 6.19. The second-order valence-electron chi connectivity index (χ2n) is 6.02. The fraction of sp³-hybridized carbons (Fsp3) is 0.444. The van der Waals surface area contributed by atoms with Crippen LogP contribution < -0.4 is 0 Å². The fourth-order valence-electron chi connectivity index (χ4n) is 2.92. The van der Waals surface area contributed by atoms with Crippen LogP contribution in [-0.2, 0) is 20.8 Å². The van der Waals surface area contributed by atoms with Crippen molar-refractivity contribution in [2.75, 3.05) is 32.9 Å². The largest absolute Gasteiger partial charge is 0.467 e. The van der Waals surface area contributed by atoms with E-state index in [9.17, 15) is 9.59 Å². The van der Waals surface area contributed by atoms with Crippen LogP contribution in [0.5, 0.6) is 0 Å². The van der Waals surface area contributed by atoms with Gasteiger partial charge in [-0.05, 0) is 32.0 Å². The van der Waals surface area contributed by atoms with Crippen LogP contribution in [0.25, 0.3) is 0 Å². The number of hydrogen-bond donors (Lipinski definition) is 0. The van der Waals surface area contributed by atoms with Crippen molar-refractivity contribution >= 4 is 11.9 Å². The molecule has 1 fully saturated rings. The SMILES string of the molecule is Cc1cc(C(=O)OCC(=O)N2CCOCC2)c(C)n1Cc1ccco1. The number of nitrogens with zero attached hydrogens (tertiary/aromatic N) is 2. The van der Waals surface area contributed by atoms with Gasteiger partial charge >= 0.3 is 5.97 Å². The standard InChI is InChI=1S/C18H22N2O5/c1-13-10-16(14(2)20(13)11-15-4-3-7-24-15)18(22)25-12-17(21)19-5-8-23-9-6-19/h3-4,7,10H,5-6,8-9,11-12H2,1-2H3. The first-order valence-corrected chi connectivity index (χ1v) is 8.28. The molecule has 0 unspecified atom stereocenters. The highest BCUT2D eigenvalue weighted by molar-refractivity contribution is 5.92. The molecule has 0 N–H and O–H groups in total. The van der Waals surface area contributed by atoms with Gasteiger partial charge in [0.15, 0.2) is 6.61 Å². The molecule has 0 bridgehead atoms. The Balaban J connectivity index is 1.63. The molecule has 0 saturated carbocycles. The number of ether oxygens (including phenoxy) is 2. The van der Waals surface area contributed by atoms with Gasteiger partial charge < -0.3 is 23.4 Å². The maximum Gasteiger partial charge on any atom is 0.340 e. The summed E-state index contributed by atoms with van der Waals surface area (Å²) in [7, 11) is 0. The van der Waals surface area contributed by atoms with E-state index >= 15 is 0 Å². The predicted molar refractivity (Wildman–Crippen MR) is 89.4 cm³/mol. The second-order valence-corrected chi connectivity index (χ2v) is 6.02. The highest BCUT2D eigenvalue weighted by Gasteiger charge is 2.21. The van der Waals surface area contributed by atoms with Crippen molar-refractivity contribution in [1.29, 1.82) is 0 Å². The Morgan fingerprint density at radius 3 is 2.68 bits per heavy atom. The summed E-state index contributed by atoms with van der Waals surface area (Å²) in [5, 5.41) is 0. The average Bonchev–Trinajstić information content (AvgIpc) is 3.24. The Kier molecular flexibility index (Phi) is 5.23. The highest BCUT2D eigenvalue weighted by Crippen LogP contribution is 2.18. The molecule has 0 atom stereocenters. The van der Waals surface area contributed by atoms with E-state index in [0.717, 1.165) is 17.1 Å². The molecule has 1 amide bonds. The number of aryl methyl sites for hydroxylation is 1. The van der Waals surface area contributed by atoms with Crippen molar-refractivity contribution in [3.05, 3.63) is 47.2 Å². The minimum atomic E-state index is -0.486. The van der Waals surface area contributed by atoms with Crippen molar-refractivity contribution in [1.82, 2.24) is 9.47 Å². The number of aromatic nitrogens is 1. The minimum absolute atomic E-state index is 0.193. The second kappa shape index (κ2) is 7.57. The first-order valence-electron chi connectivity index (χ1n) is 8.28. The number of carbonyl (C=O) groups is 2. The van der Waals surface area contributed by atoms with Crippen LogP contribution in [0.1, 0.15) is 27.5 Å². The molecular formula is C18H22N2O5. The van der Waals surface area contributed by atoms with Crippen molar-refractivity contribution in [2.24, 2.45) is 0 Å². The van der Waals surface area contributed by atoms with Crippen LogP contribution in [0, 0.1) is 13.8 Å². The van der Waals surface area contributed by atoms with Crippen molar-refractivity contribution in [2.45, 2.75) is 20.4 Å². The molecule has 2 aromatic heterocycles. The quantitative estimate of drug-likeness (QED) is 0.772. The molecular weight excluding hydrogens is 324 g/mol. The fourth-order valence-corrected chi connectivity index (χ4v) is 2.92. The molecule has 7 heteroatoms. The summed E-state index contributed by atoms with van der Waals surface area (Å²) in [4.78, 5) is 26.1. The van der Waals surface area contributed by atoms with E-state index < -0.39 is 5.97 Å². The molecule has 0 aromatic carbocycles. The molecule has 3 heterocycles. The van der Waals surface area contributed by atoms with E-state index in [0.29, 0.717) is 38.4 Å². The van der Waals surface area contributed by atoms with Crippen molar-refractivity contribution in [3.63, 3.8) is 0 Å². The lowest BCUT2D eigenvalue weighted by Gasteiger charge is -2.26. The smallest absolute Gasteiger partial charge is 0.340 e. The van der Waals surface area contributed by atoms with Crippen LogP contribution in [0.15, 0.2) is 28.9 Å². The zero-order chi connectivity index (χ0) is 17.8. The number of furan rings is 1. The Morgan fingerprint density at radius 2 is 2.00 bits per heavy atom. The molecule has 0 spiro atoms. The van der Waals surface area contributed by atoms with Gasteiger partial charge in [0.2, 0.25) is 0 Å². The van der Waals surface area contributed by atoms with E-state index in [-0.39, 0.29) is 12.5 Å². The first-order chi connectivity index (χ1) is 12.1. The third-order valence-electron chi connectivity index (χ3n) is 4.38. The van der Waals surface area contributed by atoms with Crippen molar-refractivity contribution in [3.8, 4) is 0 Å². The van der Waals surface area contributed by atoms with Gasteiger partial charge in [-0.2, -0.15) is 0 Å². The molecule has 134 valence electrons. The number of morpholine rings is 1. The Labute approximate surface area is 146 Å². The Bertz CT molecular complexity index is 742. The first kappa shape index (κ1) is 17.3. The summed E-state index contributed by atoms with van der Waals surface area (Å²) in [6.07, 6.45) is 1.62. The van der Waals surface area contributed by atoms with E-state index in [2.05, 4.69) is 0 Å². The van der Waals surface area contributed by atoms with Gasteiger partial charge in [0, 0.05) is 24.5 Å². The molecule has 7 nitrogen and oxygen atoms in total. The molecule has 0 radical (unpaired) electrons. The van der Waals surface area contributed by atoms with Crippen LogP contribution >= 0.6 is 0 Å². The van der Waals surface area contributed by atoms with Crippen LogP contribution in [0.4, 0.5) is 0 Å². The van der Waals surface area contributed by atoms with Crippen LogP contribution in [-0.4, -0.2) is 54.3 Å².